The third-order valence-electron chi connectivity index (χ3n) is 2.73. The zero-order chi connectivity index (χ0) is 12.7. The minimum Gasteiger partial charge on any atom is -0.400 e. The van der Waals surface area contributed by atoms with Crippen molar-refractivity contribution in [1.29, 1.82) is 0 Å². The van der Waals surface area contributed by atoms with Gasteiger partial charge in [-0.3, -0.25) is 0 Å². The number of nitrogens with zero attached hydrogens (tertiary/aromatic N) is 1. The van der Waals surface area contributed by atoms with Crippen molar-refractivity contribution in [2.45, 2.75) is 24.6 Å². The van der Waals surface area contributed by atoms with E-state index in [1.54, 1.807) is 11.9 Å². The first-order valence-electron chi connectivity index (χ1n) is 5.85. The lowest BCUT2D eigenvalue weighted by Crippen LogP contribution is -2.37. The molecule has 17 heavy (non-hydrogen) atoms. The van der Waals surface area contributed by atoms with Gasteiger partial charge in [0.15, 0.2) is 0 Å². The Morgan fingerprint density at radius 2 is 2.00 bits per heavy atom. The van der Waals surface area contributed by atoms with Gasteiger partial charge in [0.1, 0.15) is 0 Å². The monoisotopic (exact) mass is 255 g/mol. The van der Waals surface area contributed by atoms with Crippen LogP contribution < -0.4 is 0 Å². The van der Waals surface area contributed by atoms with Crippen LogP contribution in [0.15, 0.2) is 30.3 Å². The van der Waals surface area contributed by atoms with Crippen molar-refractivity contribution in [2.24, 2.45) is 0 Å². The number of hydrogen-bond acceptors (Lipinski definition) is 4. The van der Waals surface area contributed by atoms with Crippen LogP contribution >= 0.6 is 11.9 Å². The molecule has 0 spiro atoms. The highest BCUT2D eigenvalue weighted by molar-refractivity contribution is 7.97. The number of rotatable bonds is 4. The molecule has 2 atom stereocenters. The van der Waals surface area contributed by atoms with E-state index in [0.717, 1.165) is 13.7 Å². The Morgan fingerprint density at radius 1 is 1.35 bits per heavy atom. The third-order valence-corrected chi connectivity index (χ3v) is 3.94. The van der Waals surface area contributed by atoms with Crippen molar-refractivity contribution < 1.29 is 10.2 Å². The lowest BCUT2D eigenvalue weighted by Gasteiger charge is -2.41. The van der Waals surface area contributed by atoms with Crippen molar-refractivity contribution in [3.8, 4) is 0 Å². The molecule has 96 valence electrons. The largest absolute Gasteiger partial charge is 0.400 e. The molecule has 1 saturated heterocycles. The molecule has 1 aromatic carbocycles. The molecular formula is C13H21NO2S. The van der Waals surface area contributed by atoms with E-state index < -0.39 is 0 Å². The highest BCUT2D eigenvalue weighted by atomic mass is 32.2. The molecule has 0 amide bonds. The minimum absolute atomic E-state index is 0.253. The van der Waals surface area contributed by atoms with Gasteiger partial charge in [-0.25, -0.2) is 4.31 Å². The lowest BCUT2D eigenvalue weighted by atomic mass is 9.98. The first-order chi connectivity index (χ1) is 8.31. The van der Waals surface area contributed by atoms with Gasteiger partial charge in [0, 0.05) is 24.9 Å². The van der Waals surface area contributed by atoms with Crippen molar-refractivity contribution >= 4 is 11.9 Å². The zero-order valence-electron chi connectivity index (χ0n) is 10.4. The first-order valence-corrected chi connectivity index (χ1v) is 6.69. The normalized spacial score (nSPS) is 21.1. The van der Waals surface area contributed by atoms with Crippen LogP contribution in [0.1, 0.15) is 24.9 Å². The lowest BCUT2D eigenvalue weighted by molar-refractivity contribution is 0.219. The Hall–Kier alpha value is -0.550. The molecule has 0 saturated carbocycles. The van der Waals surface area contributed by atoms with E-state index in [1.165, 1.54) is 12.0 Å². The van der Waals surface area contributed by atoms with Gasteiger partial charge in [-0.05, 0) is 18.9 Å². The topological polar surface area (TPSA) is 43.7 Å². The van der Waals surface area contributed by atoms with Crippen LogP contribution in [0.5, 0.6) is 0 Å². The van der Waals surface area contributed by atoms with Crippen LogP contribution in [0.4, 0.5) is 0 Å². The van der Waals surface area contributed by atoms with E-state index in [4.69, 9.17) is 10.2 Å². The number of benzene rings is 1. The van der Waals surface area contributed by atoms with Gasteiger partial charge in [-0.1, -0.05) is 42.3 Å². The second kappa shape index (κ2) is 7.71. The first kappa shape index (κ1) is 14.5. The highest BCUT2D eigenvalue weighted by Crippen LogP contribution is 2.39. The fourth-order valence-electron chi connectivity index (χ4n) is 1.76. The van der Waals surface area contributed by atoms with E-state index in [2.05, 4.69) is 41.6 Å². The van der Waals surface area contributed by atoms with Crippen molar-refractivity contribution in [3.05, 3.63) is 35.9 Å². The third kappa shape index (κ3) is 4.00. The Kier molecular flexibility index (Phi) is 6.58. The molecule has 2 unspecified atom stereocenters. The van der Waals surface area contributed by atoms with Crippen molar-refractivity contribution in [2.75, 3.05) is 20.3 Å². The summed E-state index contributed by atoms with van der Waals surface area (Å²) in [6.45, 7) is 3.45. The fourth-order valence-corrected chi connectivity index (χ4v) is 2.88. The summed E-state index contributed by atoms with van der Waals surface area (Å²) in [4.78, 5) is 0. The van der Waals surface area contributed by atoms with Gasteiger partial charge < -0.3 is 10.2 Å². The summed E-state index contributed by atoms with van der Waals surface area (Å²) in [5, 5.41) is 16.3. The second-order valence-corrected chi connectivity index (χ2v) is 5.44. The minimum atomic E-state index is 0.253. The van der Waals surface area contributed by atoms with Gasteiger partial charge in [-0.2, -0.15) is 0 Å². The summed E-state index contributed by atoms with van der Waals surface area (Å²) in [6, 6.07) is 11.1. The molecule has 0 bridgehead atoms. The molecule has 1 fully saturated rings. The molecule has 0 radical (unpaired) electrons. The molecule has 1 aliphatic rings. The summed E-state index contributed by atoms with van der Waals surface area (Å²) in [6.07, 6.45) is 1.23. The van der Waals surface area contributed by atoms with Crippen molar-refractivity contribution in [1.82, 2.24) is 4.31 Å². The van der Waals surface area contributed by atoms with Gasteiger partial charge in [0.25, 0.3) is 0 Å². The average molecular weight is 255 g/mol. The molecule has 0 aliphatic carbocycles. The smallest absolute Gasteiger partial charge is 0.0560 e. The van der Waals surface area contributed by atoms with Crippen molar-refractivity contribution in [3.63, 3.8) is 0 Å². The second-order valence-electron chi connectivity index (χ2n) is 3.95. The quantitative estimate of drug-likeness (QED) is 0.808. The molecule has 3 nitrogen and oxygen atoms in total. The summed E-state index contributed by atoms with van der Waals surface area (Å²) in [7, 11) is 1.00. The van der Waals surface area contributed by atoms with Crippen LogP contribution in [0.25, 0.3) is 0 Å². The number of aliphatic hydroxyl groups is 2. The van der Waals surface area contributed by atoms with E-state index in [1.807, 2.05) is 0 Å². The van der Waals surface area contributed by atoms with Gasteiger partial charge in [0.2, 0.25) is 0 Å². The Morgan fingerprint density at radius 3 is 2.47 bits per heavy atom. The SMILES string of the molecule is CC(CO)SN1CCC1c1ccccc1.CO. The Balaban J connectivity index is 0.000000686. The van der Waals surface area contributed by atoms with Crippen LogP contribution in [0.3, 0.4) is 0 Å². The summed E-state index contributed by atoms with van der Waals surface area (Å²) in [5.74, 6) is 0. The molecule has 1 aliphatic heterocycles. The maximum atomic E-state index is 9.01. The van der Waals surface area contributed by atoms with Crippen LogP contribution in [0.2, 0.25) is 0 Å². The molecule has 4 heteroatoms. The van der Waals surface area contributed by atoms with Gasteiger partial charge in [-0.15, -0.1) is 0 Å². The van der Waals surface area contributed by atoms with Gasteiger partial charge in [0.05, 0.1) is 6.61 Å². The summed E-state index contributed by atoms with van der Waals surface area (Å²) < 4.78 is 2.37. The Bertz CT molecular complexity index is 308. The Labute approximate surface area is 108 Å². The molecule has 2 N–H and O–H groups in total. The maximum Gasteiger partial charge on any atom is 0.0560 e. The van der Waals surface area contributed by atoms with Crippen LogP contribution in [-0.4, -0.2) is 40.0 Å². The predicted octanol–water partition coefficient (Wildman–Crippen LogP) is 2.07. The molecule has 1 heterocycles. The maximum absolute atomic E-state index is 9.01. The zero-order valence-corrected chi connectivity index (χ0v) is 11.2. The number of aliphatic hydroxyl groups excluding tert-OH is 2. The van der Waals surface area contributed by atoms with E-state index in [9.17, 15) is 0 Å². The molecule has 1 aromatic rings. The average Bonchev–Trinajstić information content (AvgIpc) is 2.38. The predicted molar refractivity (Wildman–Crippen MR) is 72.8 cm³/mol. The van der Waals surface area contributed by atoms with Crippen LogP contribution in [0, 0.1) is 0 Å². The summed E-state index contributed by atoms with van der Waals surface area (Å²) in [5.41, 5.74) is 1.39. The standard InChI is InChI=1S/C12H17NOS.CH4O/c1-10(9-14)15-13-8-7-12(13)11-5-3-2-4-6-11;1-2/h2-6,10,12,14H,7-9H2,1H3;2H,1H3. The number of hydrogen-bond donors (Lipinski definition) is 2. The van der Waals surface area contributed by atoms with E-state index in [0.29, 0.717) is 11.3 Å². The van der Waals surface area contributed by atoms with Gasteiger partial charge >= 0.3 is 0 Å². The molecular weight excluding hydrogens is 234 g/mol. The summed E-state index contributed by atoms with van der Waals surface area (Å²) >= 11 is 1.77. The van der Waals surface area contributed by atoms with Crippen LogP contribution in [-0.2, 0) is 0 Å². The van der Waals surface area contributed by atoms with E-state index in [-0.39, 0.29) is 6.61 Å². The van der Waals surface area contributed by atoms with E-state index >= 15 is 0 Å². The molecule has 2 rings (SSSR count). The molecule has 0 aromatic heterocycles. The highest BCUT2D eigenvalue weighted by Gasteiger charge is 2.30. The fraction of sp³-hybridized carbons (Fsp3) is 0.538.